The molecular weight excluding hydrogens is 359 g/mol. The molecule has 0 aliphatic rings. The van der Waals surface area contributed by atoms with Crippen LogP contribution in [0.25, 0.3) is 10.9 Å². The molecule has 0 unspecified atom stereocenters. The third-order valence-corrected chi connectivity index (χ3v) is 4.35. The molecule has 2 aromatic heterocycles. The number of carbonyl (C=O) groups excluding carboxylic acids is 1. The van der Waals surface area contributed by atoms with Gasteiger partial charge in [-0.25, -0.2) is 9.18 Å². The highest BCUT2D eigenvalue weighted by Gasteiger charge is 2.13. The minimum Gasteiger partial charge on any atom is -0.463 e. The van der Waals surface area contributed by atoms with E-state index < -0.39 is 5.97 Å². The van der Waals surface area contributed by atoms with E-state index in [9.17, 15) is 9.18 Å². The molecule has 2 aromatic carbocycles. The Morgan fingerprint density at radius 1 is 1.18 bits per heavy atom. The molecule has 6 heteroatoms. The molecular formula is C22H17FN2O3. The number of nitrogens with zero attached hydrogens (tertiary/aromatic N) is 2. The maximum Gasteiger partial charge on any atom is 0.373 e. The minimum atomic E-state index is -0.508. The van der Waals surface area contributed by atoms with E-state index in [4.69, 9.17) is 4.42 Å². The van der Waals surface area contributed by atoms with Gasteiger partial charge >= 0.3 is 5.97 Å². The van der Waals surface area contributed by atoms with Crippen LogP contribution in [0.5, 0.6) is 0 Å². The van der Waals surface area contributed by atoms with Gasteiger partial charge in [-0.05, 0) is 36.4 Å². The van der Waals surface area contributed by atoms with Gasteiger partial charge in [-0.3, -0.25) is 4.99 Å². The smallest absolute Gasteiger partial charge is 0.373 e. The Labute approximate surface area is 160 Å². The molecule has 4 aromatic rings. The van der Waals surface area contributed by atoms with Crippen LogP contribution >= 0.6 is 0 Å². The van der Waals surface area contributed by atoms with Gasteiger partial charge in [0.1, 0.15) is 11.6 Å². The van der Waals surface area contributed by atoms with Crippen molar-refractivity contribution in [3.05, 3.63) is 89.8 Å². The van der Waals surface area contributed by atoms with Gasteiger partial charge in [-0.1, -0.05) is 24.3 Å². The number of para-hydroxylation sites is 1. The van der Waals surface area contributed by atoms with Crippen LogP contribution in [-0.4, -0.2) is 23.9 Å². The van der Waals surface area contributed by atoms with Crippen LogP contribution < -0.4 is 0 Å². The molecule has 2 heterocycles. The molecule has 0 spiro atoms. The summed E-state index contributed by atoms with van der Waals surface area (Å²) in [5.41, 5.74) is 2.45. The van der Waals surface area contributed by atoms with Crippen LogP contribution in [0.1, 0.15) is 21.9 Å². The van der Waals surface area contributed by atoms with E-state index >= 15 is 0 Å². The fourth-order valence-corrected chi connectivity index (χ4v) is 3.05. The number of benzene rings is 2. The lowest BCUT2D eigenvalue weighted by atomic mass is 10.2. The highest BCUT2D eigenvalue weighted by molar-refractivity contribution is 6.00. The van der Waals surface area contributed by atoms with Crippen molar-refractivity contribution < 1.29 is 18.3 Å². The Morgan fingerprint density at radius 2 is 2.04 bits per heavy atom. The Hall–Kier alpha value is -3.67. The maximum atomic E-state index is 13.4. The third kappa shape index (κ3) is 3.57. The summed E-state index contributed by atoms with van der Waals surface area (Å²) in [6.45, 7) is 0.450. The fraction of sp³-hybridized carbons (Fsp3) is 0.0909. The highest BCUT2D eigenvalue weighted by Crippen LogP contribution is 2.23. The second-order valence-electron chi connectivity index (χ2n) is 6.23. The molecule has 0 aliphatic heterocycles. The number of carbonyl (C=O) groups is 1. The summed E-state index contributed by atoms with van der Waals surface area (Å²) in [5, 5.41) is 1.02. The van der Waals surface area contributed by atoms with E-state index in [1.54, 1.807) is 30.5 Å². The van der Waals surface area contributed by atoms with Crippen molar-refractivity contribution in [1.29, 1.82) is 0 Å². The Bertz CT molecular complexity index is 1170. The highest BCUT2D eigenvalue weighted by atomic mass is 19.1. The third-order valence-electron chi connectivity index (χ3n) is 4.35. The van der Waals surface area contributed by atoms with Gasteiger partial charge in [0.25, 0.3) is 0 Å². The van der Waals surface area contributed by atoms with E-state index in [2.05, 4.69) is 9.73 Å². The van der Waals surface area contributed by atoms with Crippen LogP contribution in [-0.2, 0) is 11.3 Å². The van der Waals surface area contributed by atoms with Crippen molar-refractivity contribution in [3.8, 4) is 0 Å². The van der Waals surface area contributed by atoms with Gasteiger partial charge in [0.2, 0.25) is 5.76 Å². The Kier molecular flexibility index (Phi) is 4.76. The van der Waals surface area contributed by atoms with Crippen molar-refractivity contribution in [2.75, 3.05) is 7.11 Å². The summed E-state index contributed by atoms with van der Waals surface area (Å²) in [4.78, 5) is 16.0. The second kappa shape index (κ2) is 7.52. The van der Waals surface area contributed by atoms with Crippen LogP contribution in [0.2, 0.25) is 0 Å². The average molecular weight is 376 g/mol. The van der Waals surface area contributed by atoms with Crippen LogP contribution in [0.3, 0.4) is 0 Å². The van der Waals surface area contributed by atoms with Crippen LogP contribution in [0.4, 0.5) is 10.1 Å². The van der Waals surface area contributed by atoms with Gasteiger partial charge < -0.3 is 13.7 Å². The first-order chi connectivity index (χ1) is 13.6. The number of aromatic nitrogens is 1. The molecule has 0 bridgehead atoms. The number of hydrogen-bond acceptors (Lipinski definition) is 4. The predicted molar refractivity (Wildman–Crippen MR) is 105 cm³/mol. The zero-order valence-electron chi connectivity index (χ0n) is 15.1. The molecule has 0 radical (unpaired) electrons. The molecule has 0 aliphatic carbocycles. The van der Waals surface area contributed by atoms with E-state index in [0.29, 0.717) is 18.0 Å². The number of halogens is 1. The van der Waals surface area contributed by atoms with Gasteiger partial charge in [0.15, 0.2) is 0 Å². The molecule has 0 fully saturated rings. The molecule has 0 N–H and O–H groups in total. The van der Waals surface area contributed by atoms with Crippen molar-refractivity contribution >= 4 is 28.8 Å². The normalized spacial score (nSPS) is 11.4. The first kappa shape index (κ1) is 17.7. The number of esters is 1. The SMILES string of the molecule is COC(=O)c1ccc(Cn2cc(C=Nc3cccc(F)c3)c3ccccc32)o1. The minimum absolute atomic E-state index is 0.168. The van der Waals surface area contributed by atoms with Gasteiger partial charge in [-0.15, -0.1) is 0 Å². The number of fused-ring (bicyclic) bond motifs is 1. The lowest BCUT2D eigenvalue weighted by Gasteiger charge is -2.02. The van der Waals surface area contributed by atoms with E-state index in [0.717, 1.165) is 16.5 Å². The quantitative estimate of drug-likeness (QED) is 0.365. The van der Waals surface area contributed by atoms with Crippen molar-refractivity contribution in [2.24, 2.45) is 4.99 Å². The summed E-state index contributed by atoms with van der Waals surface area (Å²) < 4.78 is 25.6. The molecule has 5 nitrogen and oxygen atoms in total. The maximum absolute atomic E-state index is 13.4. The Morgan fingerprint density at radius 3 is 2.86 bits per heavy atom. The Balaban J connectivity index is 1.66. The summed E-state index contributed by atoms with van der Waals surface area (Å²) in [6.07, 6.45) is 3.67. The number of hydrogen-bond donors (Lipinski definition) is 0. The van der Waals surface area contributed by atoms with Crippen LogP contribution in [0, 0.1) is 5.82 Å². The molecule has 0 amide bonds. The van der Waals surface area contributed by atoms with E-state index in [-0.39, 0.29) is 11.6 Å². The standard InChI is InChI=1S/C22H17FN2O3/c1-27-22(26)21-10-9-18(28-21)14-25-13-15(19-7-2-3-8-20(19)25)12-24-17-6-4-5-16(23)11-17/h2-13H,14H2,1H3. The lowest BCUT2D eigenvalue weighted by molar-refractivity contribution is 0.0563. The van der Waals surface area contributed by atoms with Crippen LogP contribution in [0.15, 0.2) is 76.3 Å². The zero-order chi connectivity index (χ0) is 19.5. The van der Waals surface area contributed by atoms with Gasteiger partial charge in [0, 0.05) is 28.9 Å². The molecule has 28 heavy (non-hydrogen) atoms. The molecule has 0 saturated carbocycles. The van der Waals surface area contributed by atoms with Gasteiger partial charge in [0.05, 0.1) is 19.3 Å². The monoisotopic (exact) mass is 376 g/mol. The van der Waals surface area contributed by atoms with Gasteiger partial charge in [-0.2, -0.15) is 0 Å². The van der Waals surface area contributed by atoms with Crippen molar-refractivity contribution in [3.63, 3.8) is 0 Å². The van der Waals surface area contributed by atoms with Crippen molar-refractivity contribution in [1.82, 2.24) is 4.57 Å². The number of furan rings is 1. The number of ether oxygens (including phenoxy) is 1. The van der Waals surface area contributed by atoms with E-state index in [1.807, 2.05) is 35.0 Å². The number of methoxy groups -OCH3 is 1. The molecule has 140 valence electrons. The summed E-state index contributed by atoms with van der Waals surface area (Å²) in [5.74, 6) is -0.0283. The molecule has 4 rings (SSSR count). The molecule has 0 atom stereocenters. The lowest BCUT2D eigenvalue weighted by Crippen LogP contribution is -1.99. The first-order valence-corrected chi connectivity index (χ1v) is 8.68. The predicted octanol–water partition coefficient (Wildman–Crippen LogP) is 4.96. The summed E-state index contributed by atoms with van der Waals surface area (Å²) in [7, 11) is 1.31. The van der Waals surface area contributed by atoms with Crippen molar-refractivity contribution in [2.45, 2.75) is 6.54 Å². The first-order valence-electron chi connectivity index (χ1n) is 8.68. The topological polar surface area (TPSA) is 56.7 Å². The average Bonchev–Trinajstić information content (AvgIpc) is 3.31. The number of aliphatic imine (C=N–C) groups is 1. The summed E-state index contributed by atoms with van der Waals surface area (Å²) in [6, 6.07) is 17.4. The molecule has 0 saturated heterocycles. The van der Waals surface area contributed by atoms with E-state index in [1.165, 1.54) is 19.2 Å². The zero-order valence-corrected chi connectivity index (χ0v) is 15.1. The second-order valence-corrected chi connectivity index (χ2v) is 6.23. The summed E-state index contributed by atoms with van der Waals surface area (Å²) >= 11 is 0. The fourth-order valence-electron chi connectivity index (χ4n) is 3.05. The number of rotatable bonds is 5. The largest absolute Gasteiger partial charge is 0.463 e.